The van der Waals surface area contributed by atoms with Crippen LogP contribution >= 0.6 is 0 Å². The van der Waals surface area contributed by atoms with Gasteiger partial charge in [0.25, 0.3) is 0 Å². The Labute approximate surface area is 335 Å². The predicted octanol–water partition coefficient (Wildman–Crippen LogP) is 7.22. The molecule has 1 aromatic carbocycles. The number of carboxylic acids is 1. The molecule has 5 aliphatic carbocycles. The standard InChI is InChI=1S/C45H68N2O8S/c1-27(2)37-31(48)24-45(34(49)26-47-23-18-28-10-12-29(13-11-28)56(46,53)54)22-21-43(8)30(38(37)45)14-15-33-42(7)19-17-35(55-36(50)25-40(3,4)39(51)52)41(5,6)32(42)16-20-44(33,43)9/h10-13,27,30,32-35,47,49H,14-26H2,1-9H3,(H,51,52)(H2,46,53,54). The zero-order valence-electron chi connectivity index (χ0n) is 35.3. The van der Waals surface area contributed by atoms with Crippen LogP contribution in [0.3, 0.4) is 0 Å². The summed E-state index contributed by atoms with van der Waals surface area (Å²) in [6.45, 7) is 20.4. The smallest absolute Gasteiger partial charge is 0.309 e. The number of carbonyl (C=O) groups is 3. The van der Waals surface area contributed by atoms with Crippen LogP contribution in [0.4, 0.5) is 0 Å². The van der Waals surface area contributed by atoms with Crippen molar-refractivity contribution in [2.45, 2.75) is 150 Å². The van der Waals surface area contributed by atoms with E-state index in [4.69, 9.17) is 9.88 Å². The molecule has 4 saturated carbocycles. The number of primary sulfonamides is 1. The number of sulfonamides is 1. The van der Waals surface area contributed by atoms with Gasteiger partial charge in [0.1, 0.15) is 6.10 Å². The second-order valence-electron chi connectivity index (χ2n) is 20.7. The average Bonchev–Trinajstić information content (AvgIpc) is 3.41. The van der Waals surface area contributed by atoms with E-state index in [1.807, 2.05) is 0 Å². The number of rotatable bonds is 12. The summed E-state index contributed by atoms with van der Waals surface area (Å²) in [5.41, 5.74) is 1.11. The Morgan fingerprint density at radius 1 is 0.946 bits per heavy atom. The molecule has 5 N–H and O–H groups in total. The maximum Gasteiger partial charge on any atom is 0.309 e. The second-order valence-corrected chi connectivity index (χ2v) is 22.3. The molecule has 0 amide bonds. The highest BCUT2D eigenvalue weighted by Crippen LogP contribution is 2.77. The number of Topliss-reactive ketones (excluding diaryl/α,β-unsaturated/α-hetero) is 1. The van der Waals surface area contributed by atoms with Gasteiger partial charge in [0.05, 0.1) is 22.8 Å². The van der Waals surface area contributed by atoms with E-state index in [1.165, 1.54) is 17.7 Å². The molecule has 6 rings (SSSR count). The summed E-state index contributed by atoms with van der Waals surface area (Å²) < 4.78 is 29.5. The Morgan fingerprint density at radius 3 is 2.21 bits per heavy atom. The van der Waals surface area contributed by atoms with Crippen LogP contribution in [0.15, 0.2) is 40.3 Å². The molecule has 0 aliphatic heterocycles. The van der Waals surface area contributed by atoms with Crippen molar-refractivity contribution in [1.82, 2.24) is 5.32 Å². The Balaban J connectivity index is 1.21. The van der Waals surface area contributed by atoms with Gasteiger partial charge in [-0.05, 0) is 141 Å². The Morgan fingerprint density at radius 2 is 1.61 bits per heavy atom. The van der Waals surface area contributed by atoms with Crippen molar-refractivity contribution in [1.29, 1.82) is 0 Å². The van der Waals surface area contributed by atoms with Crippen molar-refractivity contribution in [2.75, 3.05) is 13.1 Å². The first-order valence-electron chi connectivity index (χ1n) is 21.1. The summed E-state index contributed by atoms with van der Waals surface area (Å²) in [5.74, 6) is -0.179. The molecule has 11 heteroatoms. The topological polar surface area (TPSA) is 173 Å². The number of benzene rings is 1. The molecule has 0 saturated heterocycles. The number of aliphatic carboxylic acids is 1. The number of nitrogens with one attached hydrogen (secondary N) is 1. The first-order valence-corrected chi connectivity index (χ1v) is 22.6. The summed E-state index contributed by atoms with van der Waals surface area (Å²) in [4.78, 5) is 39.0. The monoisotopic (exact) mass is 796 g/mol. The fourth-order valence-corrected chi connectivity index (χ4v) is 13.9. The van der Waals surface area contributed by atoms with E-state index < -0.39 is 38.9 Å². The Bertz CT molecular complexity index is 1870. The van der Waals surface area contributed by atoms with Crippen LogP contribution in [0.5, 0.6) is 0 Å². The number of aliphatic hydroxyl groups is 1. The van der Waals surface area contributed by atoms with Gasteiger partial charge >= 0.3 is 11.9 Å². The minimum Gasteiger partial charge on any atom is -0.481 e. The molecule has 0 spiro atoms. The molecule has 5 aliphatic rings. The predicted molar refractivity (Wildman–Crippen MR) is 216 cm³/mol. The van der Waals surface area contributed by atoms with Gasteiger partial charge in [-0.15, -0.1) is 0 Å². The maximum absolute atomic E-state index is 14.1. The first-order chi connectivity index (χ1) is 25.8. The Kier molecular flexibility index (Phi) is 11.2. The van der Waals surface area contributed by atoms with Crippen LogP contribution < -0.4 is 10.5 Å². The van der Waals surface area contributed by atoms with E-state index in [9.17, 15) is 33.0 Å². The molecule has 0 radical (unpaired) electrons. The van der Waals surface area contributed by atoms with Crippen LogP contribution in [0.1, 0.15) is 132 Å². The van der Waals surface area contributed by atoms with Gasteiger partial charge in [-0.25, -0.2) is 13.6 Å². The third kappa shape index (κ3) is 6.92. The van der Waals surface area contributed by atoms with Gasteiger partial charge in [0, 0.05) is 23.8 Å². The number of nitrogens with two attached hydrogens (primary N) is 1. The fourth-order valence-electron chi connectivity index (χ4n) is 13.4. The zero-order chi connectivity index (χ0) is 41.4. The van der Waals surface area contributed by atoms with Crippen LogP contribution in [0, 0.1) is 56.2 Å². The van der Waals surface area contributed by atoms with E-state index >= 15 is 0 Å². The van der Waals surface area contributed by atoms with Crippen molar-refractivity contribution < 1.29 is 37.8 Å². The molecule has 1 aromatic rings. The lowest BCUT2D eigenvalue weighted by Crippen LogP contribution is -2.66. The molecule has 0 aromatic heterocycles. The highest BCUT2D eigenvalue weighted by molar-refractivity contribution is 7.89. The summed E-state index contributed by atoms with van der Waals surface area (Å²) in [5, 5.41) is 30.5. The Hall–Kier alpha value is -2.60. The lowest BCUT2D eigenvalue weighted by Gasteiger charge is -2.72. The number of ketones is 1. The lowest BCUT2D eigenvalue weighted by atomic mass is 9.33. The fraction of sp³-hybridized carbons (Fsp3) is 0.756. The van der Waals surface area contributed by atoms with Crippen molar-refractivity contribution in [2.24, 2.45) is 61.3 Å². The largest absolute Gasteiger partial charge is 0.481 e. The second kappa shape index (κ2) is 14.6. The van der Waals surface area contributed by atoms with Crippen LogP contribution in [0.2, 0.25) is 0 Å². The molecule has 312 valence electrons. The summed E-state index contributed by atoms with van der Waals surface area (Å²) in [7, 11) is -3.75. The van der Waals surface area contributed by atoms with E-state index in [-0.39, 0.29) is 56.7 Å². The van der Waals surface area contributed by atoms with Crippen LogP contribution in [-0.2, 0) is 35.6 Å². The highest BCUT2D eigenvalue weighted by atomic mass is 32.2. The number of carboxylic acid groups (broad SMARTS) is 1. The number of hydrogen-bond acceptors (Lipinski definition) is 8. The van der Waals surface area contributed by atoms with Gasteiger partial charge in [-0.1, -0.05) is 66.2 Å². The molecule has 4 fully saturated rings. The molecule has 0 bridgehead atoms. The van der Waals surface area contributed by atoms with Gasteiger partial charge < -0.3 is 20.3 Å². The third-order valence-corrected chi connectivity index (χ3v) is 17.6. The van der Waals surface area contributed by atoms with E-state index in [1.54, 1.807) is 26.0 Å². The number of aliphatic hydroxyl groups excluding tert-OH is 1. The summed E-state index contributed by atoms with van der Waals surface area (Å²) >= 11 is 0. The quantitative estimate of drug-likeness (QED) is 0.126. The number of hydrogen-bond donors (Lipinski definition) is 4. The molecule has 10 nitrogen and oxygen atoms in total. The average molecular weight is 797 g/mol. The lowest BCUT2D eigenvalue weighted by molar-refractivity contribution is -0.235. The number of ether oxygens (including phenoxy) is 1. The van der Waals surface area contributed by atoms with Crippen molar-refractivity contribution in [3.8, 4) is 0 Å². The van der Waals surface area contributed by atoms with E-state index in [0.29, 0.717) is 37.8 Å². The van der Waals surface area contributed by atoms with Gasteiger partial charge in [0.15, 0.2) is 5.78 Å². The minimum atomic E-state index is -3.75. The number of esters is 1. The first kappa shape index (κ1) is 43.0. The van der Waals surface area contributed by atoms with E-state index in [2.05, 4.69) is 53.8 Å². The number of allylic oxidation sites excluding steroid dienone is 1. The van der Waals surface area contributed by atoms with Crippen LogP contribution in [0.25, 0.3) is 0 Å². The third-order valence-electron chi connectivity index (χ3n) is 16.7. The van der Waals surface area contributed by atoms with Crippen molar-refractivity contribution >= 4 is 27.7 Å². The number of carbonyl (C=O) groups excluding carboxylic acids is 2. The van der Waals surface area contributed by atoms with Gasteiger partial charge in [-0.3, -0.25) is 14.4 Å². The van der Waals surface area contributed by atoms with Crippen molar-refractivity contribution in [3.05, 3.63) is 41.0 Å². The van der Waals surface area contributed by atoms with Gasteiger partial charge in [0.2, 0.25) is 10.0 Å². The SMILES string of the molecule is CC(C)C1=C2C3CCC4C5(C)CCC(OC(=O)CC(C)(C)C(=O)O)C(C)(C)C5CCC4(C)C3(C)CCC2(C(O)CNCCc2ccc(S(N)(=O)=O)cc2)CC1=O. The summed E-state index contributed by atoms with van der Waals surface area (Å²) in [6.07, 6.45) is 7.41. The van der Waals surface area contributed by atoms with Crippen molar-refractivity contribution in [3.63, 3.8) is 0 Å². The highest BCUT2D eigenvalue weighted by Gasteiger charge is 2.70. The number of fused-ring (bicyclic) bond motifs is 7. The molecular formula is C45H68N2O8S. The van der Waals surface area contributed by atoms with E-state index in [0.717, 1.165) is 62.5 Å². The van der Waals surface area contributed by atoms with Crippen LogP contribution in [-0.4, -0.2) is 61.7 Å². The minimum absolute atomic E-state index is 0.0150. The molecule has 9 unspecified atom stereocenters. The molecule has 0 heterocycles. The zero-order valence-corrected chi connectivity index (χ0v) is 36.1. The summed E-state index contributed by atoms with van der Waals surface area (Å²) in [6, 6.07) is 6.57. The van der Waals surface area contributed by atoms with Gasteiger partial charge in [-0.2, -0.15) is 0 Å². The molecule has 56 heavy (non-hydrogen) atoms. The molecule has 9 atom stereocenters. The maximum atomic E-state index is 14.1. The molecular weight excluding hydrogens is 729 g/mol. The normalized spacial score (nSPS) is 36.0.